The van der Waals surface area contributed by atoms with E-state index in [0.717, 1.165) is 24.0 Å². The van der Waals surface area contributed by atoms with Crippen molar-refractivity contribution in [1.29, 1.82) is 5.26 Å². The highest BCUT2D eigenvalue weighted by atomic mass is 35.5. The molecule has 1 unspecified atom stereocenters. The second kappa shape index (κ2) is 13.9. The third kappa shape index (κ3) is 6.74. The highest BCUT2D eigenvalue weighted by molar-refractivity contribution is 6.31. The molecule has 1 aliphatic rings. The summed E-state index contributed by atoms with van der Waals surface area (Å²) in [5, 5.41) is 10.6. The first-order valence-electron chi connectivity index (χ1n) is 14.1. The number of carbonyl (C=O) groups excluding carboxylic acids is 1. The maximum Gasteiger partial charge on any atom is 0.343 e. The minimum absolute atomic E-state index is 0.0385. The van der Waals surface area contributed by atoms with Crippen LogP contribution in [-0.4, -0.2) is 19.7 Å². The molecule has 1 atom stereocenters. The van der Waals surface area contributed by atoms with Gasteiger partial charge < -0.3 is 29.4 Å². The zero-order chi connectivity index (χ0) is 31.1. The number of methoxy groups -OCH3 is 1. The highest BCUT2D eigenvalue weighted by Gasteiger charge is 2.32. The minimum atomic E-state index is -0.558. The van der Waals surface area contributed by atoms with Crippen LogP contribution < -0.4 is 29.4 Å². The summed E-state index contributed by atoms with van der Waals surface area (Å²) in [6.45, 7) is 2.91. The number of nitrogens with zero attached hydrogens (tertiary/aromatic N) is 1. The molecule has 5 rings (SSSR count). The molecule has 0 amide bonds. The molecular weight excluding hydrogens is 580 g/mol. The Labute approximate surface area is 261 Å². The number of esters is 1. The molecular formula is C35H31ClN2O6. The molecule has 224 valence electrons. The van der Waals surface area contributed by atoms with E-state index in [2.05, 4.69) is 13.0 Å². The standard InChI is InChI=1S/C35H31ClN2O6/c1-3-4-16-41-25-10-7-9-23(17-25)35(39)43-26-13-14-27-31(19-26)44-34(38)28(20-37)33(27)22-12-15-30(32(18-22)40-2)42-21-24-8-5-6-11-29(24)36/h5-15,17-19,33H,3-4,16,21,38H2,1-2H3. The van der Waals surface area contributed by atoms with Gasteiger partial charge in [0.1, 0.15) is 35.5 Å². The van der Waals surface area contributed by atoms with Crippen LogP contribution >= 0.6 is 11.6 Å². The van der Waals surface area contributed by atoms with Crippen LogP contribution in [0.1, 0.15) is 52.7 Å². The summed E-state index contributed by atoms with van der Waals surface area (Å²) >= 11 is 6.28. The molecule has 4 aromatic carbocycles. The number of fused-ring (bicyclic) bond motifs is 1. The third-order valence-electron chi connectivity index (χ3n) is 7.10. The van der Waals surface area contributed by atoms with Gasteiger partial charge in [0.2, 0.25) is 5.88 Å². The van der Waals surface area contributed by atoms with Crippen molar-refractivity contribution in [1.82, 2.24) is 0 Å². The van der Waals surface area contributed by atoms with E-state index in [4.69, 9.17) is 41.0 Å². The summed E-state index contributed by atoms with van der Waals surface area (Å²) in [5.41, 5.74) is 9.06. The lowest BCUT2D eigenvalue weighted by Gasteiger charge is -2.27. The van der Waals surface area contributed by atoms with Crippen LogP contribution in [0.25, 0.3) is 0 Å². The Kier molecular flexibility index (Phi) is 9.58. The second-order valence-corrected chi connectivity index (χ2v) is 10.4. The SMILES string of the molecule is CCCCOc1cccc(C(=O)Oc2ccc3c(c2)OC(N)=C(C#N)C3c2ccc(OCc3ccccc3Cl)c(OC)c2)c1. The predicted octanol–water partition coefficient (Wildman–Crippen LogP) is 7.54. The van der Waals surface area contributed by atoms with Crippen LogP contribution in [0, 0.1) is 11.3 Å². The number of allylic oxidation sites excluding steroid dienone is 1. The average molecular weight is 611 g/mol. The van der Waals surface area contributed by atoms with Gasteiger partial charge in [-0.15, -0.1) is 0 Å². The minimum Gasteiger partial charge on any atom is -0.494 e. The van der Waals surface area contributed by atoms with Gasteiger partial charge >= 0.3 is 5.97 Å². The summed E-state index contributed by atoms with van der Waals surface area (Å²) < 4.78 is 28.8. The number of benzene rings is 4. The van der Waals surface area contributed by atoms with Gasteiger partial charge in [-0.25, -0.2) is 4.79 Å². The van der Waals surface area contributed by atoms with E-state index in [1.165, 1.54) is 0 Å². The number of nitriles is 1. The molecule has 1 heterocycles. The van der Waals surface area contributed by atoms with Crippen LogP contribution in [0.2, 0.25) is 5.02 Å². The number of nitrogens with two attached hydrogens (primary N) is 1. The Morgan fingerprint density at radius 2 is 1.82 bits per heavy atom. The van der Waals surface area contributed by atoms with Crippen molar-refractivity contribution in [3.8, 4) is 34.8 Å². The third-order valence-corrected chi connectivity index (χ3v) is 7.47. The molecule has 1 aliphatic heterocycles. The predicted molar refractivity (Wildman–Crippen MR) is 166 cm³/mol. The van der Waals surface area contributed by atoms with Crippen LogP contribution in [0.15, 0.2) is 96.4 Å². The molecule has 9 heteroatoms. The lowest BCUT2D eigenvalue weighted by molar-refractivity contribution is 0.0734. The monoisotopic (exact) mass is 610 g/mol. The molecule has 8 nitrogen and oxygen atoms in total. The van der Waals surface area contributed by atoms with Crippen molar-refractivity contribution in [2.75, 3.05) is 13.7 Å². The molecule has 44 heavy (non-hydrogen) atoms. The van der Waals surface area contributed by atoms with Gasteiger partial charge in [-0.05, 0) is 54.4 Å². The Morgan fingerprint density at radius 3 is 2.59 bits per heavy atom. The number of hydrogen-bond acceptors (Lipinski definition) is 8. The summed E-state index contributed by atoms with van der Waals surface area (Å²) in [4.78, 5) is 12.9. The average Bonchev–Trinajstić information content (AvgIpc) is 3.04. The van der Waals surface area contributed by atoms with E-state index in [-0.39, 0.29) is 23.8 Å². The lowest BCUT2D eigenvalue weighted by atomic mass is 9.83. The molecule has 0 bridgehead atoms. The number of hydrogen-bond donors (Lipinski definition) is 1. The molecule has 4 aromatic rings. The van der Waals surface area contributed by atoms with E-state index in [9.17, 15) is 10.1 Å². The fraction of sp³-hybridized carbons (Fsp3) is 0.200. The van der Waals surface area contributed by atoms with Gasteiger partial charge in [0.15, 0.2) is 11.5 Å². The Balaban J connectivity index is 1.38. The van der Waals surface area contributed by atoms with E-state index in [1.54, 1.807) is 67.8 Å². The first-order valence-corrected chi connectivity index (χ1v) is 14.5. The van der Waals surface area contributed by atoms with Crippen molar-refractivity contribution in [2.45, 2.75) is 32.3 Å². The van der Waals surface area contributed by atoms with E-state index < -0.39 is 11.9 Å². The largest absolute Gasteiger partial charge is 0.494 e. The fourth-order valence-corrected chi connectivity index (χ4v) is 5.00. The van der Waals surface area contributed by atoms with Crippen molar-refractivity contribution in [3.05, 3.63) is 124 Å². The number of halogens is 1. The molecule has 2 N–H and O–H groups in total. The number of carbonyl (C=O) groups is 1. The first-order chi connectivity index (χ1) is 21.4. The van der Waals surface area contributed by atoms with Crippen molar-refractivity contribution < 1.29 is 28.5 Å². The quantitative estimate of drug-likeness (QED) is 0.105. The van der Waals surface area contributed by atoms with E-state index >= 15 is 0 Å². The summed E-state index contributed by atoms with van der Waals surface area (Å²) in [5.74, 6) is 1.08. The molecule has 0 saturated carbocycles. The van der Waals surface area contributed by atoms with E-state index in [0.29, 0.717) is 45.8 Å². The van der Waals surface area contributed by atoms with Crippen molar-refractivity contribution >= 4 is 17.6 Å². The van der Waals surface area contributed by atoms with Gasteiger partial charge in [0.25, 0.3) is 0 Å². The molecule has 0 saturated heterocycles. The Morgan fingerprint density at radius 1 is 0.977 bits per heavy atom. The fourth-order valence-electron chi connectivity index (χ4n) is 4.81. The second-order valence-electron chi connectivity index (χ2n) is 10.0. The molecule has 0 fully saturated rings. The smallest absolute Gasteiger partial charge is 0.343 e. The summed E-state index contributed by atoms with van der Waals surface area (Å²) in [6, 6.07) is 26.9. The zero-order valence-corrected chi connectivity index (χ0v) is 25.1. The van der Waals surface area contributed by atoms with Gasteiger partial charge in [-0.1, -0.05) is 61.3 Å². The molecule has 0 radical (unpaired) electrons. The molecule has 0 aliphatic carbocycles. The molecule has 0 spiro atoms. The summed E-state index contributed by atoms with van der Waals surface area (Å²) in [6.07, 6.45) is 1.93. The van der Waals surface area contributed by atoms with Crippen molar-refractivity contribution in [2.24, 2.45) is 5.73 Å². The summed E-state index contributed by atoms with van der Waals surface area (Å²) in [7, 11) is 1.54. The first kappa shape index (κ1) is 30.3. The van der Waals surface area contributed by atoms with Gasteiger partial charge in [0.05, 0.1) is 25.2 Å². The van der Waals surface area contributed by atoms with Crippen LogP contribution in [0.5, 0.6) is 28.7 Å². The lowest BCUT2D eigenvalue weighted by Crippen LogP contribution is -2.21. The Bertz CT molecular complexity index is 1750. The number of ether oxygens (including phenoxy) is 5. The van der Waals surface area contributed by atoms with Crippen LogP contribution in [0.4, 0.5) is 0 Å². The Hall–Kier alpha value is -5.13. The maximum atomic E-state index is 12.9. The maximum absolute atomic E-state index is 12.9. The topological polar surface area (TPSA) is 113 Å². The van der Waals surface area contributed by atoms with Crippen molar-refractivity contribution in [3.63, 3.8) is 0 Å². The zero-order valence-electron chi connectivity index (χ0n) is 24.3. The highest BCUT2D eigenvalue weighted by Crippen LogP contribution is 2.45. The van der Waals surface area contributed by atoms with Crippen LogP contribution in [-0.2, 0) is 6.61 Å². The number of unbranched alkanes of at least 4 members (excludes halogenated alkanes) is 1. The van der Waals surface area contributed by atoms with Gasteiger partial charge in [0, 0.05) is 22.2 Å². The van der Waals surface area contributed by atoms with Gasteiger partial charge in [-0.3, -0.25) is 0 Å². The van der Waals surface area contributed by atoms with Crippen LogP contribution in [0.3, 0.4) is 0 Å². The number of rotatable bonds is 11. The van der Waals surface area contributed by atoms with E-state index in [1.807, 2.05) is 24.3 Å². The molecule has 0 aromatic heterocycles. The van der Waals surface area contributed by atoms with Gasteiger partial charge in [-0.2, -0.15) is 5.26 Å². The normalized spacial score (nSPS) is 13.7.